The molecule has 17 heavy (non-hydrogen) atoms. The zero-order chi connectivity index (χ0) is 12.3. The normalized spacial score (nSPS) is 48.7. The summed E-state index contributed by atoms with van der Waals surface area (Å²) in [5, 5.41) is 0. The van der Waals surface area contributed by atoms with E-state index in [0.717, 1.165) is 6.42 Å². The van der Waals surface area contributed by atoms with Crippen molar-refractivity contribution in [3.8, 4) is 0 Å². The summed E-state index contributed by atoms with van der Waals surface area (Å²) in [6, 6.07) is 0. The molecule has 1 nitrogen and oxygen atoms in total. The van der Waals surface area contributed by atoms with E-state index < -0.39 is 17.4 Å². The van der Waals surface area contributed by atoms with E-state index >= 15 is 0 Å². The van der Waals surface area contributed by atoms with E-state index in [-0.39, 0.29) is 24.9 Å². The molecule has 98 valence electrons. The van der Waals surface area contributed by atoms with Crippen LogP contribution in [-0.2, 0) is 4.74 Å². The largest absolute Gasteiger partial charge is 0.522 e. The van der Waals surface area contributed by atoms with Gasteiger partial charge in [-0.1, -0.05) is 0 Å². The first-order chi connectivity index (χ1) is 7.78. The fourth-order valence-electron chi connectivity index (χ4n) is 4.74. The van der Waals surface area contributed by atoms with Crippen LogP contribution in [0, 0.1) is 17.3 Å². The molecule has 4 rings (SSSR count). The van der Waals surface area contributed by atoms with Gasteiger partial charge < -0.3 is 0 Å². The molecule has 0 spiro atoms. The maximum Gasteiger partial charge on any atom is 0.522 e. The molecule has 5 heteroatoms. The van der Waals surface area contributed by atoms with Gasteiger partial charge >= 0.3 is 6.36 Å². The van der Waals surface area contributed by atoms with Gasteiger partial charge in [0.2, 0.25) is 0 Å². The molecular formula is C12H16F4O. The molecule has 4 aliphatic carbocycles. The molecule has 0 amide bonds. The van der Waals surface area contributed by atoms with Crippen molar-refractivity contribution in [1.82, 2.24) is 0 Å². The van der Waals surface area contributed by atoms with Crippen molar-refractivity contribution in [2.24, 2.45) is 17.3 Å². The lowest BCUT2D eigenvalue weighted by atomic mass is 9.49. The summed E-state index contributed by atoms with van der Waals surface area (Å²) >= 11 is 0. The van der Waals surface area contributed by atoms with E-state index in [0.29, 0.717) is 25.7 Å². The highest BCUT2D eigenvalue weighted by Gasteiger charge is 2.58. The summed E-state index contributed by atoms with van der Waals surface area (Å²) < 4.78 is 54.8. The Bertz CT molecular complexity index is 311. The molecule has 4 fully saturated rings. The van der Waals surface area contributed by atoms with E-state index in [4.69, 9.17) is 0 Å². The van der Waals surface area contributed by atoms with Crippen LogP contribution in [0.3, 0.4) is 0 Å². The number of alkyl halides is 4. The van der Waals surface area contributed by atoms with E-state index in [1.165, 1.54) is 0 Å². The number of rotatable bonds is 2. The van der Waals surface area contributed by atoms with Crippen LogP contribution in [0.5, 0.6) is 0 Å². The SMILES string of the molecule is FC12C[C@H]3C[C@@H](C1)CC(COC(F)(F)F)(C3)C2. The molecule has 0 aromatic heterocycles. The predicted octanol–water partition coefficient (Wildman–Crippen LogP) is 3.83. The number of ether oxygens (including phenoxy) is 1. The highest BCUT2D eigenvalue weighted by molar-refractivity contribution is 5.08. The molecular weight excluding hydrogens is 236 g/mol. The summed E-state index contributed by atoms with van der Waals surface area (Å²) in [6.45, 7) is -0.352. The quantitative estimate of drug-likeness (QED) is 0.679. The van der Waals surface area contributed by atoms with Gasteiger partial charge in [0.15, 0.2) is 0 Å². The molecule has 0 aromatic rings. The molecule has 0 aromatic carbocycles. The Kier molecular flexibility index (Phi) is 2.33. The van der Waals surface area contributed by atoms with Gasteiger partial charge in [-0.25, -0.2) is 4.39 Å². The summed E-state index contributed by atoms with van der Waals surface area (Å²) in [7, 11) is 0. The molecule has 0 N–H and O–H groups in total. The molecule has 4 bridgehead atoms. The minimum Gasteiger partial charge on any atom is -0.291 e. The van der Waals surface area contributed by atoms with Gasteiger partial charge in [-0.2, -0.15) is 0 Å². The van der Waals surface area contributed by atoms with Gasteiger partial charge in [0.25, 0.3) is 0 Å². The first-order valence-corrected chi connectivity index (χ1v) is 6.17. The van der Waals surface area contributed by atoms with Crippen LogP contribution in [0.4, 0.5) is 17.6 Å². The van der Waals surface area contributed by atoms with Crippen LogP contribution in [0.2, 0.25) is 0 Å². The van der Waals surface area contributed by atoms with Crippen molar-refractivity contribution in [3.05, 3.63) is 0 Å². The number of halogens is 4. The fourth-order valence-corrected chi connectivity index (χ4v) is 4.74. The summed E-state index contributed by atoms with van der Waals surface area (Å²) in [5.74, 6) is 0.552. The second-order valence-electron chi connectivity index (χ2n) is 6.35. The lowest BCUT2D eigenvalue weighted by molar-refractivity contribution is -0.340. The Balaban J connectivity index is 1.75. The molecule has 4 saturated carbocycles. The second-order valence-corrected chi connectivity index (χ2v) is 6.35. The lowest BCUT2D eigenvalue weighted by Crippen LogP contribution is -2.55. The first kappa shape index (κ1) is 11.8. The van der Waals surface area contributed by atoms with Crippen LogP contribution in [0.25, 0.3) is 0 Å². The van der Waals surface area contributed by atoms with E-state index in [2.05, 4.69) is 4.74 Å². The van der Waals surface area contributed by atoms with Gasteiger partial charge in [-0.05, 0) is 55.8 Å². The fraction of sp³-hybridized carbons (Fsp3) is 1.00. The number of hydrogen-bond donors (Lipinski definition) is 0. The average molecular weight is 252 g/mol. The third kappa shape index (κ3) is 2.18. The third-order valence-electron chi connectivity index (χ3n) is 4.65. The minimum absolute atomic E-state index is 0.267. The predicted molar refractivity (Wildman–Crippen MR) is 53.0 cm³/mol. The standard InChI is InChI=1S/C12H16F4O/c13-11-4-8-1-9(5-11)3-10(2-8,6-11)7-17-12(14,15)16/h8-9H,1-7H2/t8-,9+,10?,11?. The monoisotopic (exact) mass is 252 g/mol. The van der Waals surface area contributed by atoms with Gasteiger partial charge in [0.1, 0.15) is 5.67 Å². The van der Waals surface area contributed by atoms with Gasteiger partial charge in [0.05, 0.1) is 6.61 Å². The molecule has 0 radical (unpaired) electrons. The molecule has 4 atom stereocenters. The Morgan fingerprint density at radius 2 is 1.65 bits per heavy atom. The molecule has 0 heterocycles. The second kappa shape index (κ2) is 3.37. The Morgan fingerprint density at radius 1 is 1.06 bits per heavy atom. The molecule has 2 unspecified atom stereocenters. The maximum atomic E-state index is 14.4. The van der Waals surface area contributed by atoms with Crippen molar-refractivity contribution in [2.75, 3.05) is 6.61 Å². The highest BCUT2D eigenvalue weighted by atomic mass is 19.4. The highest BCUT2D eigenvalue weighted by Crippen LogP contribution is 2.63. The Morgan fingerprint density at radius 3 is 2.12 bits per heavy atom. The van der Waals surface area contributed by atoms with Gasteiger partial charge in [0, 0.05) is 0 Å². The van der Waals surface area contributed by atoms with Crippen LogP contribution >= 0.6 is 0 Å². The summed E-state index contributed by atoms with van der Waals surface area (Å²) in [6.07, 6.45) is -0.791. The van der Waals surface area contributed by atoms with E-state index in [1.807, 2.05) is 0 Å². The topological polar surface area (TPSA) is 9.23 Å². The van der Waals surface area contributed by atoms with E-state index in [1.54, 1.807) is 0 Å². The summed E-state index contributed by atoms with van der Waals surface area (Å²) in [4.78, 5) is 0. The Hall–Kier alpha value is -0.320. The minimum atomic E-state index is -4.59. The zero-order valence-electron chi connectivity index (χ0n) is 9.52. The molecule has 0 aliphatic heterocycles. The van der Waals surface area contributed by atoms with Crippen molar-refractivity contribution >= 4 is 0 Å². The summed E-state index contributed by atoms with van der Waals surface area (Å²) in [5.41, 5.74) is -1.76. The van der Waals surface area contributed by atoms with Crippen LogP contribution in [0.1, 0.15) is 38.5 Å². The maximum absolute atomic E-state index is 14.4. The average Bonchev–Trinajstić information content (AvgIpc) is 2.09. The lowest BCUT2D eigenvalue weighted by Gasteiger charge is -2.59. The number of hydrogen-bond acceptors (Lipinski definition) is 1. The van der Waals surface area contributed by atoms with Crippen molar-refractivity contribution < 1.29 is 22.3 Å². The zero-order valence-corrected chi connectivity index (χ0v) is 9.52. The van der Waals surface area contributed by atoms with Gasteiger partial charge in [-0.15, -0.1) is 13.2 Å². The van der Waals surface area contributed by atoms with E-state index in [9.17, 15) is 17.6 Å². The Labute approximate surface area is 97.5 Å². The van der Waals surface area contributed by atoms with Crippen molar-refractivity contribution in [2.45, 2.75) is 50.6 Å². The van der Waals surface area contributed by atoms with Crippen molar-refractivity contribution in [1.29, 1.82) is 0 Å². The van der Waals surface area contributed by atoms with Crippen LogP contribution in [-0.4, -0.2) is 18.6 Å². The third-order valence-corrected chi connectivity index (χ3v) is 4.65. The van der Waals surface area contributed by atoms with Crippen molar-refractivity contribution in [3.63, 3.8) is 0 Å². The van der Waals surface area contributed by atoms with Crippen LogP contribution < -0.4 is 0 Å². The molecule has 4 aliphatic rings. The smallest absolute Gasteiger partial charge is 0.291 e. The first-order valence-electron chi connectivity index (χ1n) is 6.17. The molecule has 0 saturated heterocycles. The van der Waals surface area contributed by atoms with Gasteiger partial charge in [-0.3, -0.25) is 4.74 Å². The van der Waals surface area contributed by atoms with Crippen LogP contribution in [0.15, 0.2) is 0 Å².